The van der Waals surface area contributed by atoms with Crippen molar-refractivity contribution in [3.63, 3.8) is 0 Å². The molecule has 94 valence electrons. The molecule has 0 radical (unpaired) electrons. The Bertz CT molecular complexity index is 406. The molecule has 0 aromatic carbocycles. The van der Waals surface area contributed by atoms with Crippen LogP contribution in [0.1, 0.15) is 58.6 Å². The standard InChI is InChI=1S/C16H25N/c1-15(2,3)13-9-11-7-8-17-10-12(11)14(13)16(4,5)6/h7-8,10,13-14H,9H2,1-6H3/t13?,14-/m1/s1. The number of fused-ring (bicyclic) bond motifs is 1. The van der Waals surface area contributed by atoms with Crippen LogP contribution in [0.25, 0.3) is 0 Å². The summed E-state index contributed by atoms with van der Waals surface area (Å²) in [6.45, 7) is 14.2. The van der Waals surface area contributed by atoms with E-state index in [9.17, 15) is 0 Å². The molecule has 0 fully saturated rings. The van der Waals surface area contributed by atoms with E-state index < -0.39 is 0 Å². The largest absolute Gasteiger partial charge is 0.264 e. The fraction of sp³-hybridized carbons (Fsp3) is 0.688. The molecule has 0 N–H and O–H groups in total. The highest BCUT2D eigenvalue weighted by Crippen LogP contribution is 2.53. The van der Waals surface area contributed by atoms with E-state index in [0.29, 0.717) is 16.7 Å². The highest BCUT2D eigenvalue weighted by Gasteiger charge is 2.44. The van der Waals surface area contributed by atoms with Gasteiger partial charge < -0.3 is 0 Å². The Kier molecular flexibility index (Phi) is 2.84. The number of aromatic nitrogens is 1. The van der Waals surface area contributed by atoms with Gasteiger partial charge in [-0.1, -0.05) is 41.5 Å². The van der Waals surface area contributed by atoms with E-state index >= 15 is 0 Å². The summed E-state index contributed by atoms with van der Waals surface area (Å²) in [4.78, 5) is 4.34. The molecule has 0 aliphatic heterocycles. The lowest BCUT2D eigenvalue weighted by molar-refractivity contribution is 0.142. The Morgan fingerprint density at radius 1 is 1.06 bits per heavy atom. The second kappa shape index (κ2) is 3.83. The van der Waals surface area contributed by atoms with E-state index in [0.717, 1.165) is 5.92 Å². The first kappa shape index (κ1) is 12.6. The molecule has 1 aromatic heterocycles. The zero-order chi connectivity index (χ0) is 12.8. The van der Waals surface area contributed by atoms with E-state index in [2.05, 4.69) is 58.8 Å². The van der Waals surface area contributed by atoms with Crippen LogP contribution in [0.2, 0.25) is 0 Å². The summed E-state index contributed by atoms with van der Waals surface area (Å²) in [5.74, 6) is 1.35. The SMILES string of the molecule is CC(C)(C)C1Cc2ccncc2[C@H]1C(C)(C)C. The normalized spacial score (nSPS) is 24.8. The lowest BCUT2D eigenvalue weighted by atomic mass is 9.65. The molecule has 2 rings (SSSR count). The molecular formula is C16H25N. The minimum absolute atomic E-state index is 0.312. The van der Waals surface area contributed by atoms with Gasteiger partial charge in [-0.2, -0.15) is 0 Å². The number of nitrogens with zero attached hydrogens (tertiary/aromatic N) is 1. The van der Waals surface area contributed by atoms with Crippen molar-refractivity contribution in [2.45, 2.75) is 53.9 Å². The molecule has 1 aliphatic rings. The summed E-state index contributed by atoms with van der Waals surface area (Å²) in [7, 11) is 0. The van der Waals surface area contributed by atoms with Gasteiger partial charge in [-0.3, -0.25) is 4.98 Å². The van der Waals surface area contributed by atoms with Gasteiger partial charge in [-0.15, -0.1) is 0 Å². The molecule has 1 aromatic rings. The molecule has 1 nitrogen and oxygen atoms in total. The number of hydrogen-bond acceptors (Lipinski definition) is 1. The van der Waals surface area contributed by atoms with Crippen LogP contribution in [0.3, 0.4) is 0 Å². The van der Waals surface area contributed by atoms with Crippen LogP contribution in [0.15, 0.2) is 18.5 Å². The van der Waals surface area contributed by atoms with Crippen LogP contribution in [0.4, 0.5) is 0 Å². The van der Waals surface area contributed by atoms with Gasteiger partial charge in [-0.25, -0.2) is 0 Å². The van der Waals surface area contributed by atoms with Crippen molar-refractivity contribution in [3.8, 4) is 0 Å². The summed E-state index contributed by atoms with van der Waals surface area (Å²) in [5.41, 5.74) is 3.67. The van der Waals surface area contributed by atoms with Gasteiger partial charge in [0.1, 0.15) is 0 Å². The first-order valence-corrected chi connectivity index (χ1v) is 6.64. The maximum Gasteiger partial charge on any atom is 0.0305 e. The van der Waals surface area contributed by atoms with Gasteiger partial charge in [0, 0.05) is 12.4 Å². The summed E-state index contributed by atoms with van der Waals surface area (Å²) in [6, 6.07) is 2.21. The van der Waals surface area contributed by atoms with Crippen molar-refractivity contribution >= 4 is 0 Å². The van der Waals surface area contributed by atoms with Gasteiger partial charge >= 0.3 is 0 Å². The summed E-state index contributed by atoms with van der Waals surface area (Å²) >= 11 is 0. The maximum atomic E-state index is 4.34. The van der Waals surface area contributed by atoms with E-state index in [1.807, 2.05) is 6.20 Å². The van der Waals surface area contributed by atoms with E-state index in [1.165, 1.54) is 17.5 Å². The van der Waals surface area contributed by atoms with Crippen LogP contribution >= 0.6 is 0 Å². The van der Waals surface area contributed by atoms with Crippen LogP contribution in [-0.4, -0.2) is 4.98 Å². The lowest BCUT2D eigenvalue weighted by Crippen LogP contribution is -2.31. The summed E-state index contributed by atoms with van der Waals surface area (Å²) in [5, 5.41) is 0. The predicted octanol–water partition coefficient (Wildman–Crippen LogP) is 4.43. The quantitative estimate of drug-likeness (QED) is 0.643. The van der Waals surface area contributed by atoms with E-state index in [4.69, 9.17) is 0 Å². The number of pyridine rings is 1. The van der Waals surface area contributed by atoms with Gasteiger partial charge in [-0.05, 0) is 46.3 Å². The van der Waals surface area contributed by atoms with Crippen molar-refractivity contribution in [3.05, 3.63) is 29.6 Å². The topological polar surface area (TPSA) is 12.9 Å². The van der Waals surface area contributed by atoms with Gasteiger partial charge in [0.2, 0.25) is 0 Å². The molecule has 17 heavy (non-hydrogen) atoms. The van der Waals surface area contributed by atoms with Gasteiger partial charge in [0.25, 0.3) is 0 Å². The fourth-order valence-corrected chi connectivity index (χ4v) is 3.35. The zero-order valence-corrected chi connectivity index (χ0v) is 12.0. The Labute approximate surface area is 106 Å². The van der Waals surface area contributed by atoms with Crippen molar-refractivity contribution < 1.29 is 0 Å². The molecule has 1 heterocycles. The average Bonchev–Trinajstić information content (AvgIpc) is 2.54. The Morgan fingerprint density at radius 3 is 2.24 bits per heavy atom. The first-order chi connectivity index (χ1) is 7.71. The Hall–Kier alpha value is -0.850. The number of hydrogen-bond donors (Lipinski definition) is 0. The van der Waals surface area contributed by atoms with Crippen molar-refractivity contribution in [2.75, 3.05) is 0 Å². The zero-order valence-electron chi connectivity index (χ0n) is 12.0. The average molecular weight is 231 g/mol. The Morgan fingerprint density at radius 2 is 1.71 bits per heavy atom. The van der Waals surface area contributed by atoms with E-state index in [1.54, 1.807) is 0 Å². The third kappa shape index (κ3) is 2.25. The van der Waals surface area contributed by atoms with Crippen molar-refractivity contribution in [1.29, 1.82) is 0 Å². The second-order valence-corrected chi connectivity index (χ2v) is 7.59. The third-order valence-electron chi connectivity index (χ3n) is 4.17. The van der Waals surface area contributed by atoms with Crippen LogP contribution in [0, 0.1) is 16.7 Å². The minimum atomic E-state index is 0.312. The molecule has 0 bridgehead atoms. The summed E-state index contributed by atoms with van der Waals surface area (Å²) in [6.07, 6.45) is 5.24. The molecule has 1 heteroatoms. The third-order valence-corrected chi connectivity index (χ3v) is 4.17. The summed E-state index contributed by atoms with van der Waals surface area (Å²) < 4.78 is 0. The molecule has 0 saturated heterocycles. The molecule has 1 unspecified atom stereocenters. The molecular weight excluding hydrogens is 206 g/mol. The number of rotatable bonds is 0. The maximum absolute atomic E-state index is 4.34. The molecule has 2 atom stereocenters. The van der Waals surface area contributed by atoms with Crippen LogP contribution < -0.4 is 0 Å². The van der Waals surface area contributed by atoms with Crippen molar-refractivity contribution in [1.82, 2.24) is 4.98 Å². The van der Waals surface area contributed by atoms with Crippen molar-refractivity contribution in [2.24, 2.45) is 16.7 Å². The van der Waals surface area contributed by atoms with Crippen LogP contribution in [-0.2, 0) is 6.42 Å². The van der Waals surface area contributed by atoms with Gasteiger partial charge in [0.05, 0.1) is 0 Å². The molecule has 0 amide bonds. The predicted molar refractivity (Wildman–Crippen MR) is 73.1 cm³/mol. The van der Waals surface area contributed by atoms with Gasteiger partial charge in [0.15, 0.2) is 0 Å². The second-order valence-electron chi connectivity index (χ2n) is 7.59. The molecule has 1 aliphatic carbocycles. The monoisotopic (exact) mass is 231 g/mol. The van der Waals surface area contributed by atoms with E-state index in [-0.39, 0.29) is 0 Å². The fourth-order valence-electron chi connectivity index (χ4n) is 3.35. The highest BCUT2D eigenvalue weighted by molar-refractivity contribution is 5.35. The minimum Gasteiger partial charge on any atom is -0.264 e. The lowest BCUT2D eigenvalue weighted by Gasteiger charge is -2.40. The smallest absolute Gasteiger partial charge is 0.0305 e. The highest BCUT2D eigenvalue weighted by atomic mass is 14.6. The molecule has 0 saturated carbocycles. The molecule has 0 spiro atoms. The van der Waals surface area contributed by atoms with Crippen LogP contribution in [0.5, 0.6) is 0 Å². The first-order valence-electron chi connectivity index (χ1n) is 6.64. The Balaban J connectivity index is 2.48.